The first-order valence-electron chi connectivity index (χ1n) is 4.91. The predicted molar refractivity (Wildman–Crippen MR) is 52.7 cm³/mol. The van der Waals surface area contributed by atoms with Crippen LogP contribution in [0.4, 0.5) is 0 Å². The van der Waals surface area contributed by atoms with Crippen molar-refractivity contribution in [3.8, 4) is 0 Å². The third-order valence-electron chi connectivity index (χ3n) is 2.53. The van der Waals surface area contributed by atoms with E-state index < -0.39 is 8.32 Å². The maximum Gasteiger partial charge on any atom is 0.182 e. The fourth-order valence-corrected chi connectivity index (χ4v) is 1.21. The number of ether oxygens (including phenoxy) is 1. The van der Waals surface area contributed by atoms with Gasteiger partial charge in [-0.1, -0.05) is 6.92 Å². The molecule has 2 nitrogen and oxygen atoms in total. The van der Waals surface area contributed by atoms with Crippen LogP contribution in [0.3, 0.4) is 0 Å². The summed E-state index contributed by atoms with van der Waals surface area (Å²) in [4.78, 5) is 8.97. The van der Waals surface area contributed by atoms with Gasteiger partial charge in [0.15, 0.2) is 8.32 Å². The van der Waals surface area contributed by atoms with Gasteiger partial charge in [0, 0.05) is 32.7 Å². The Morgan fingerprint density at radius 3 is 1.77 bits per heavy atom. The molecule has 0 aromatic heterocycles. The van der Waals surface area contributed by atoms with Gasteiger partial charge in [-0.25, -0.2) is 0 Å². The van der Waals surface area contributed by atoms with Crippen LogP contribution in [0.5, 0.6) is 0 Å². The van der Waals surface area contributed by atoms with Crippen molar-refractivity contribution in [3.63, 3.8) is 0 Å². The van der Waals surface area contributed by atoms with E-state index in [9.17, 15) is 0 Å². The molecule has 0 aromatic carbocycles. The van der Waals surface area contributed by atoms with Crippen LogP contribution in [0.2, 0.25) is 19.1 Å². The van der Waals surface area contributed by atoms with Crippen molar-refractivity contribution in [2.24, 2.45) is 0 Å². The summed E-state index contributed by atoms with van der Waals surface area (Å²) in [5, 5.41) is 0. The molecule has 0 spiro atoms. The molecular weight excluding hydrogens is 257 g/mol. The fraction of sp³-hybridized carbons (Fsp3) is 1.00. The van der Waals surface area contributed by atoms with Crippen molar-refractivity contribution in [3.05, 3.63) is 0 Å². The van der Waals surface area contributed by atoms with E-state index in [0.717, 1.165) is 6.04 Å². The third kappa shape index (κ3) is 6.34. The summed E-state index contributed by atoms with van der Waals surface area (Å²) in [7, 11) is -1.63. The van der Waals surface area contributed by atoms with Crippen LogP contribution < -0.4 is 0 Å². The number of rotatable bonds is 1. The minimum Gasteiger partial charge on any atom is -0.432 e. The van der Waals surface area contributed by atoms with Crippen molar-refractivity contribution < 1.29 is 42.2 Å². The van der Waals surface area contributed by atoms with Gasteiger partial charge < -0.3 is 9.53 Å². The van der Waals surface area contributed by atoms with Gasteiger partial charge in [0.05, 0.1) is 12.2 Å². The van der Waals surface area contributed by atoms with Crippen LogP contribution in [0.1, 0.15) is 26.2 Å². The second-order valence-corrected chi connectivity index (χ2v) is 8.64. The van der Waals surface area contributed by atoms with E-state index in [-0.39, 0.29) is 32.7 Å². The third-order valence-corrected chi connectivity index (χ3v) is 4.26. The quantitative estimate of drug-likeness (QED) is 0.588. The largest absolute Gasteiger partial charge is 0.432 e. The van der Waals surface area contributed by atoms with Crippen LogP contribution in [0, 0.1) is 0 Å². The summed E-state index contributed by atoms with van der Waals surface area (Å²) in [5.74, 6) is 0. The normalized spacial score (nSPS) is 29.5. The van der Waals surface area contributed by atoms with Crippen molar-refractivity contribution in [1.82, 2.24) is 0 Å². The average molecular weight is 277 g/mol. The summed E-state index contributed by atoms with van der Waals surface area (Å²) in [6.07, 6.45) is 5.51. The minimum atomic E-state index is -1.63. The van der Waals surface area contributed by atoms with Crippen molar-refractivity contribution in [2.45, 2.75) is 57.5 Å². The van der Waals surface area contributed by atoms with Gasteiger partial charge in [-0.05, 0) is 38.4 Å². The maximum absolute atomic E-state index is 8.97. The van der Waals surface area contributed by atoms with Crippen molar-refractivity contribution >= 4 is 8.32 Å². The zero-order valence-electron chi connectivity index (χ0n) is 8.92. The number of hydrogen-bond donors (Lipinski definition) is 1. The second kappa shape index (κ2) is 5.96. The Morgan fingerprint density at radius 1 is 1.31 bits per heavy atom. The SMILES string of the molecule is C1CC2OC2C1.CC[Si](C)(C)O.[Y]. The molecule has 13 heavy (non-hydrogen) atoms. The molecule has 1 saturated carbocycles. The summed E-state index contributed by atoms with van der Waals surface area (Å²) >= 11 is 0. The molecule has 0 amide bonds. The zero-order valence-corrected chi connectivity index (χ0v) is 12.8. The predicted octanol–water partition coefficient (Wildman–Crippen LogP) is 2.14. The number of fused-ring (bicyclic) bond motifs is 1. The average Bonchev–Trinajstić information content (AvgIpc) is 2.60. The van der Waals surface area contributed by atoms with Crippen molar-refractivity contribution in [2.75, 3.05) is 0 Å². The minimum absolute atomic E-state index is 0. The van der Waals surface area contributed by atoms with Gasteiger partial charge in [0.2, 0.25) is 0 Å². The first-order chi connectivity index (χ1) is 5.53. The maximum atomic E-state index is 8.97. The Morgan fingerprint density at radius 2 is 1.69 bits per heavy atom. The molecule has 1 heterocycles. The Bertz CT molecular complexity index is 139. The second-order valence-electron chi connectivity index (χ2n) is 4.31. The summed E-state index contributed by atoms with van der Waals surface area (Å²) < 4.78 is 5.15. The summed E-state index contributed by atoms with van der Waals surface area (Å²) in [6.45, 7) is 5.90. The van der Waals surface area contributed by atoms with E-state index >= 15 is 0 Å². The Balaban J connectivity index is 0.000000206. The number of hydrogen-bond acceptors (Lipinski definition) is 2. The smallest absolute Gasteiger partial charge is 0.182 e. The molecule has 1 N–H and O–H groups in total. The standard InChI is InChI=1S/C5H8O.C4H12OSi.Y/c1-2-4-5(3-1)6-4;1-4-6(2,3)5;/h4-5H,1-3H2;5H,4H2,1-3H3;. The van der Waals surface area contributed by atoms with Crippen LogP contribution >= 0.6 is 0 Å². The van der Waals surface area contributed by atoms with Gasteiger partial charge in [0.1, 0.15) is 0 Å². The van der Waals surface area contributed by atoms with E-state index in [1.807, 2.05) is 20.0 Å². The van der Waals surface area contributed by atoms with Crippen LogP contribution in [0.15, 0.2) is 0 Å². The van der Waals surface area contributed by atoms with E-state index in [1.165, 1.54) is 19.3 Å². The molecule has 1 aliphatic carbocycles. The molecule has 2 aliphatic rings. The van der Waals surface area contributed by atoms with Gasteiger partial charge in [-0.15, -0.1) is 0 Å². The molecule has 2 rings (SSSR count). The topological polar surface area (TPSA) is 32.8 Å². The van der Waals surface area contributed by atoms with E-state index in [2.05, 4.69) is 0 Å². The summed E-state index contributed by atoms with van der Waals surface area (Å²) in [5.41, 5.74) is 0. The fourth-order valence-electron chi connectivity index (χ4n) is 1.21. The van der Waals surface area contributed by atoms with E-state index in [1.54, 1.807) is 0 Å². The molecule has 0 aromatic rings. The van der Waals surface area contributed by atoms with Crippen LogP contribution in [-0.2, 0) is 37.4 Å². The van der Waals surface area contributed by atoms with Crippen LogP contribution in [-0.4, -0.2) is 25.3 Å². The molecule has 2 unspecified atom stereocenters. The Kier molecular flexibility index (Phi) is 6.53. The van der Waals surface area contributed by atoms with Gasteiger partial charge in [-0.2, -0.15) is 0 Å². The van der Waals surface area contributed by atoms with Gasteiger partial charge >= 0.3 is 0 Å². The first kappa shape index (κ1) is 14.2. The summed E-state index contributed by atoms with van der Waals surface area (Å²) in [6, 6.07) is 0.965. The van der Waals surface area contributed by atoms with Crippen LogP contribution in [0.25, 0.3) is 0 Å². The van der Waals surface area contributed by atoms with Gasteiger partial charge in [-0.3, -0.25) is 0 Å². The molecule has 2 fully saturated rings. The van der Waals surface area contributed by atoms with Crippen molar-refractivity contribution in [1.29, 1.82) is 0 Å². The molecule has 1 aliphatic heterocycles. The Hall–Kier alpha value is 1.24. The monoisotopic (exact) mass is 277 g/mol. The molecular formula is C9H20O2SiY. The first-order valence-corrected chi connectivity index (χ1v) is 8.06. The molecule has 1 radical (unpaired) electrons. The zero-order chi connectivity index (χ0) is 9.19. The van der Waals surface area contributed by atoms with E-state index in [4.69, 9.17) is 9.53 Å². The Labute approximate surface area is 107 Å². The molecule has 4 heteroatoms. The van der Waals surface area contributed by atoms with E-state index in [0.29, 0.717) is 12.2 Å². The number of epoxide rings is 1. The molecule has 0 bridgehead atoms. The molecule has 75 valence electrons. The molecule has 1 saturated heterocycles. The van der Waals surface area contributed by atoms with Gasteiger partial charge in [0.25, 0.3) is 0 Å². The molecule has 2 atom stereocenters.